The molecule has 0 heterocycles. The lowest BCUT2D eigenvalue weighted by Crippen LogP contribution is -2.09. The van der Waals surface area contributed by atoms with Gasteiger partial charge < -0.3 is 14.6 Å². The molecule has 0 amide bonds. The van der Waals surface area contributed by atoms with Crippen LogP contribution in [0.4, 0.5) is 0 Å². The first kappa shape index (κ1) is 12.2. The maximum absolute atomic E-state index is 10.5. The molecule has 0 spiro atoms. The Morgan fingerprint density at radius 1 is 1.29 bits per heavy atom. The van der Waals surface area contributed by atoms with Crippen LogP contribution in [0.5, 0.6) is 11.5 Å². The molecule has 1 saturated carbocycles. The second-order valence-corrected chi connectivity index (χ2v) is 4.68. The molecule has 1 fully saturated rings. The Balaban J connectivity index is 2.23. The molecular weight excluding hydrogens is 216 g/mol. The van der Waals surface area contributed by atoms with Crippen LogP contribution in [0.25, 0.3) is 0 Å². The Hall–Kier alpha value is -1.22. The Kier molecular flexibility index (Phi) is 3.29. The Bertz CT molecular complexity index is 402. The summed E-state index contributed by atoms with van der Waals surface area (Å²) in [5.41, 5.74) is 0.295. The first-order valence-corrected chi connectivity index (χ1v) is 6.10. The third kappa shape index (κ3) is 2.12. The van der Waals surface area contributed by atoms with Gasteiger partial charge in [-0.15, -0.1) is 0 Å². The van der Waals surface area contributed by atoms with Crippen LogP contribution in [0.3, 0.4) is 0 Å². The predicted molar refractivity (Wildman–Crippen MR) is 66.5 cm³/mol. The van der Waals surface area contributed by atoms with Gasteiger partial charge in [-0.25, -0.2) is 0 Å². The summed E-state index contributed by atoms with van der Waals surface area (Å²) in [7, 11) is 3.23. The quantitative estimate of drug-likeness (QED) is 0.854. The summed E-state index contributed by atoms with van der Waals surface area (Å²) in [4.78, 5) is 0. The van der Waals surface area contributed by atoms with Gasteiger partial charge in [0, 0.05) is 0 Å². The van der Waals surface area contributed by atoms with Crippen molar-refractivity contribution in [3.8, 4) is 11.5 Å². The van der Waals surface area contributed by atoms with E-state index in [2.05, 4.69) is 6.92 Å². The first-order valence-electron chi connectivity index (χ1n) is 6.10. The van der Waals surface area contributed by atoms with Crippen LogP contribution in [0, 0.1) is 5.92 Å². The average molecular weight is 236 g/mol. The van der Waals surface area contributed by atoms with Crippen molar-refractivity contribution in [3.05, 3.63) is 23.8 Å². The average Bonchev–Trinajstić information content (AvgIpc) is 3.01. The molecule has 0 aromatic heterocycles. The van der Waals surface area contributed by atoms with Gasteiger partial charge >= 0.3 is 0 Å². The monoisotopic (exact) mass is 236 g/mol. The summed E-state index contributed by atoms with van der Waals surface area (Å²) in [5, 5.41) is 10.5. The maximum atomic E-state index is 10.5. The lowest BCUT2D eigenvalue weighted by Gasteiger charge is -2.14. The molecule has 1 N–H and O–H groups in total. The summed E-state index contributed by atoms with van der Waals surface area (Å²) in [6.45, 7) is 2.15. The van der Waals surface area contributed by atoms with Crippen molar-refractivity contribution >= 4 is 0 Å². The van der Waals surface area contributed by atoms with Crippen molar-refractivity contribution in [1.29, 1.82) is 0 Å². The number of methoxy groups -OCH3 is 2. The molecule has 1 aliphatic carbocycles. The topological polar surface area (TPSA) is 38.7 Å². The Labute approximate surface area is 102 Å². The highest BCUT2D eigenvalue weighted by Gasteiger charge is 2.53. The van der Waals surface area contributed by atoms with Crippen LogP contribution in [0.2, 0.25) is 0 Å². The lowest BCUT2D eigenvalue weighted by molar-refractivity contribution is 0.128. The first-order chi connectivity index (χ1) is 8.15. The van der Waals surface area contributed by atoms with E-state index in [4.69, 9.17) is 9.47 Å². The maximum Gasteiger partial charge on any atom is 0.161 e. The van der Waals surface area contributed by atoms with E-state index < -0.39 is 5.60 Å². The molecule has 1 aromatic rings. The molecule has 2 atom stereocenters. The molecule has 0 radical (unpaired) electrons. The van der Waals surface area contributed by atoms with Crippen LogP contribution in [-0.4, -0.2) is 19.3 Å². The van der Waals surface area contributed by atoms with Crippen LogP contribution >= 0.6 is 0 Å². The van der Waals surface area contributed by atoms with E-state index in [-0.39, 0.29) is 0 Å². The highest BCUT2D eigenvalue weighted by Crippen LogP contribution is 2.55. The van der Waals surface area contributed by atoms with E-state index in [0.29, 0.717) is 17.4 Å². The summed E-state index contributed by atoms with van der Waals surface area (Å²) < 4.78 is 10.5. The number of hydrogen-bond donors (Lipinski definition) is 1. The number of rotatable bonds is 5. The highest BCUT2D eigenvalue weighted by molar-refractivity contribution is 5.46. The summed E-state index contributed by atoms with van der Waals surface area (Å²) in [6.07, 6.45) is 3.04. The SMILES string of the molecule is CCCC1CC1(O)c1ccc(OC)c(OC)c1. The minimum Gasteiger partial charge on any atom is -0.493 e. The molecule has 1 aliphatic rings. The molecule has 0 saturated heterocycles. The molecular formula is C14H20O3. The Morgan fingerprint density at radius 2 is 2.00 bits per heavy atom. The molecule has 1 aromatic carbocycles. The Morgan fingerprint density at radius 3 is 2.59 bits per heavy atom. The van der Waals surface area contributed by atoms with E-state index in [1.165, 1.54) is 0 Å². The molecule has 3 nitrogen and oxygen atoms in total. The van der Waals surface area contributed by atoms with E-state index in [9.17, 15) is 5.11 Å². The van der Waals surface area contributed by atoms with Gasteiger partial charge in [0.05, 0.1) is 19.8 Å². The van der Waals surface area contributed by atoms with E-state index in [1.807, 2.05) is 18.2 Å². The summed E-state index contributed by atoms with van der Waals surface area (Å²) in [6, 6.07) is 5.67. The second-order valence-electron chi connectivity index (χ2n) is 4.68. The van der Waals surface area contributed by atoms with Crippen molar-refractivity contribution in [3.63, 3.8) is 0 Å². The van der Waals surface area contributed by atoms with Crippen molar-refractivity contribution in [1.82, 2.24) is 0 Å². The third-order valence-corrected chi connectivity index (χ3v) is 3.59. The third-order valence-electron chi connectivity index (χ3n) is 3.59. The van der Waals surface area contributed by atoms with Gasteiger partial charge in [-0.05, 0) is 36.5 Å². The second kappa shape index (κ2) is 4.57. The minimum absolute atomic E-state index is 0.394. The molecule has 94 valence electrons. The van der Waals surface area contributed by atoms with Gasteiger partial charge in [0.25, 0.3) is 0 Å². The van der Waals surface area contributed by atoms with Crippen LogP contribution < -0.4 is 9.47 Å². The minimum atomic E-state index is -0.643. The molecule has 3 heteroatoms. The van der Waals surface area contributed by atoms with E-state index in [0.717, 1.165) is 24.8 Å². The van der Waals surface area contributed by atoms with Gasteiger partial charge in [0.2, 0.25) is 0 Å². The van der Waals surface area contributed by atoms with Gasteiger partial charge in [0.1, 0.15) is 0 Å². The zero-order valence-electron chi connectivity index (χ0n) is 10.7. The fraction of sp³-hybridized carbons (Fsp3) is 0.571. The molecule has 2 rings (SSSR count). The largest absolute Gasteiger partial charge is 0.493 e. The van der Waals surface area contributed by atoms with Crippen molar-refractivity contribution in [2.45, 2.75) is 31.8 Å². The standard InChI is InChI=1S/C14H20O3/c1-4-5-11-9-14(11,15)10-6-7-12(16-2)13(8-10)17-3/h6-8,11,15H,4-5,9H2,1-3H3. The van der Waals surface area contributed by atoms with Crippen LogP contribution in [0.15, 0.2) is 18.2 Å². The summed E-state index contributed by atoms with van der Waals surface area (Å²) >= 11 is 0. The highest BCUT2D eigenvalue weighted by atomic mass is 16.5. The molecule has 0 bridgehead atoms. The van der Waals surface area contributed by atoms with Crippen LogP contribution in [0.1, 0.15) is 31.7 Å². The van der Waals surface area contributed by atoms with Crippen LogP contribution in [-0.2, 0) is 5.60 Å². The van der Waals surface area contributed by atoms with Crippen molar-refractivity contribution in [2.24, 2.45) is 5.92 Å². The number of hydrogen-bond acceptors (Lipinski definition) is 3. The zero-order valence-corrected chi connectivity index (χ0v) is 10.7. The molecule has 0 aliphatic heterocycles. The number of ether oxygens (including phenoxy) is 2. The zero-order chi connectivity index (χ0) is 12.5. The van der Waals surface area contributed by atoms with Gasteiger partial charge in [-0.2, -0.15) is 0 Å². The van der Waals surface area contributed by atoms with Gasteiger partial charge in [-0.3, -0.25) is 0 Å². The normalized spacial score (nSPS) is 26.7. The van der Waals surface area contributed by atoms with Gasteiger partial charge in [0.15, 0.2) is 11.5 Å². The van der Waals surface area contributed by atoms with E-state index in [1.54, 1.807) is 14.2 Å². The lowest BCUT2D eigenvalue weighted by atomic mass is 10.0. The number of benzene rings is 1. The number of aliphatic hydroxyl groups is 1. The van der Waals surface area contributed by atoms with Gasteiger partial charge in [-0.1, -0.05) is 19.4 Å². The van der Waals surface area contributed by atoms with Crippen molar-refractivity contribution in [2.75, 3.05) is 14.2 Å². The fourth-order valence-corrected chi connectivity index (χ4v) is 2.47. The predicted octanol–water partition coefficient (Wildman–Crippen LogP) is 2.71. The smallest absolute Gasteiger partial charge is 0.161 e. The molecule has 2 unspecified atom stereocenters. The fourth-order valence-electron chi connectivity index (χ4n) is 2.47. The molecule has 17 heavy (non-hydrogen) atoms. The summed E-state index contributed by atoms with van der Waals surface area (Å²) in [5.74, 6) is 1.78. The van der Waals surface area contributed by atoms with Crippen molar-refractivity contribution < 1.29 is 14.6 Å². The van der Waals surface area contributed by atoms with E-state index >= 15 is 0 Å².